The van der Waals surface area contributed by atoms with Crippen LogP contribution in [-0.4, -0.2) is 11.7 Å². The zero-order valence-electron chi connectivity index (χ0n) is 10.7. The molecule has 0 bridgehead atoms. The fourth-order valence-corrected chi connectivity index (χ4v) is 2.50. The van der Waals surface area contributed by atoms with Crippen molar-refractivity contribution in [2.45, 2.75) is 19.4 Å². The Morgan fingerprint density at radius 2 is 1.89 bits per heavy atom. The Balaban J connectivity index is 2.08. The Morgan fingerprint density at radius 1 is 1.16 bits per heavy atom. The molecule has 0 radical (unpaired) electrons. The summed E-state index contributed by atoms with van der Waals surface area (Å²) in [7, 11) is 0. The molecule has 0 fully saturated rings. The van der Waals surface area contributed by atoms with Crippen molar-refractivity contribution in [3.8, 4) is 5.75 Å². The van der Waals surface area contributed by atoms with Crippen molar-refractivity contribution >= 4 is 0 Å². The maximum atomic E-state index is 14.1. The van der Waals surface area contributed by atoms with Crippen molar-refractivity contribution in [3.05, 3.63) is 64.5 Å². The highest BCUT2D eigenvalue weighted by atomic mass is 19.1. The average Bonchev–Trinajstić information content (AvgIpc) is 2.89. The number of halogens is 1. The zero-order chi connectivity index (χ0) is 13.4. The van der Waals surface area contributed by atoms with Crippen LogP contribution in [0.4, 0.5) is 4.39 Å². The molecule has 1 heterocycles. The van der Waals surface area contributed by atoms with Gasteiger partial charge in [-0.1, -0.05) is 36.4 Å². The Kier molecular flexibility index (Phi) is 2.99. The minimum Gasteiger partial charge on any atom is -0.493 e. The summed E-state index contributed by atoms with van der Waals surface area (Å²) < 4.78 is 19.6. The molecular weight excluding hydrogens is 243 g/mol. The van der Waals surface area contributed by atoms with E-state index < -0.39 is 6.10 Å². The molecular formula is C16H15FO2. The Bertz CT molecular complexity index is 622. The Hall–Kier alpha value is -1.87. The van der Waals surface area contributed by atoms with Crippen LogP contribution in [0.15, 0.2) is 36.4 Å². The second-order valence-corrected chi connectivity index (χ2v) is 4.81. The lowest BCUT2D eigenvalue weighted by Crippen LogP contribution is -2.05. The van der Waals surface area contributed by atoms with E-state index in [0.717, 1.165) is 12.0 Å². The summed E-state index contributed by atoms with van der Waals surface area (Å²) in [6.07, 6.45) is -0.153. The van der Waals surface area contributed by atoms with Gasteiger partial charge in [0.15, 0.2) is 0 Å². The average molecular weight is 258 g/mol. The van der Waals surface area contributed by atoms with Gasteiger partial charge in [-0.25, -0.2) is 4.39 Å². The summed E-state index contributed by atoms with van der Waals surface area (Å²) in [5.74, 6) is 0.349. The monoisotopic (exact) mass is 258 g/mol. The van der Waals surface area contributed by atoms with Crippen LogP contribution in [-0.2, 0) is 6.42 Å². The molecule has 0 saturated heterocycles. The number of hydrogen-bond donors (Lipinski definition) is 1. The maximum absolute atomic E-state index is 14.1. The molecule has 2 aromatic carbocycles. The number of hydrogen-bond acceptors (Lipinski definition) is 2. The lowest BCUT2D eigenvalue weighted by molar-refractivity contribution is 0.208. The van der Waals surface area contributed by atoms with Crippen LogP contribution >= 0.6 is 0 Å². The molecule has 0 aromatic heterocycles. The Morgan fingerprint density at radius 3 is 2.74 bits per heavy atom. The van der Waals surface area contributed by atoms with E-state index >= 15 is 0 Å². The molecule has 19 heavy (non-hydrogen) atoms. The molecule has 2 nitrogen and oxygen atoms in total. The quantitative estimate of drug-likeness (QED) is 0.896. The molecule has 0 aliphatic carbocycles. The third-order valence-corrected chi connectivity index (χ3v) is 3.56. The summed E-state index contributed by atoms with van der Waals surface area (Å²) in [6, 6.07) is 10.7. The molecule has 1 atom stereocenters. The third-order valence-electron chi connectivity index (χ3n) is 3.56. The lowest BCUT2D eigenvalue weighted by Gasteiger charge is -2.16. The molecule has 98 valence electrons. The van der Waals surface area contributed by atoms with E-state index in [-0.39, 0.29) is 5.82 Å². The van der Waals surface area contributed by atoms with E-state index in [1.54, 1.807) is 31.2 Å². The molecule has 3 heteroatoms. The molecule has 1 aliphatic rings. The number of ether oxygens (including phenoxy) is 1. The first-order chi connectivity index (χ1) is 9.18. The maximum Gasteiger partial charge on any atom is 0.132 e. The second-order valence-electron chi connectivity index (χ2n) is 4.81. The van der Waals surface area contributed by atoms with E-state index in [1.807, 2.05) is 12.1 Å². The normalized spacial score (nSPS) is 14.9. The molecule has 1 unspecified atom stereocenters. The largest absolute Gasteiger partial charge is 0.493 e. The standard InChI is InChI=1S/C16H15FO2/c1-10-4-2-6-12(14(10)17)15(18)13-7-3-5-11-8-9-19-16(11)13/h2-7,15,18H,8-9H2,1H3. The van der Waals surface area contributed by atoms with Gasteiger partial charge >= 0.3 is 0 Å². The van der Waals surface area contributed by atoms with Crippen LogP contribution in [0.1, 0.15) is 28.4 Å². The first kappa shape index (κ1) is 12.2. The number of para-hydroxylation sites is 1. The number of aliphatic hydroxyl groups excluding tert-OH is 1. The first-order valence-corrected chi connectivity index (χ1v) is 6.36. The smallest absolute Gasteiger partial charge is 0.132 e. The topological polar surface area (TPSA) is 29.5 Å². The van der Waals surface area contributed by atoms with E-state index in [9.17, 15) is 9.50 Å². The zero-order valence-corrected chi connectivity index (χ0v) is 10.7. The van der Waals surface area contributed by atoms with Gasteiger partial charge < -0.3 is 9.84 Å². The second kappa shape index (κ2) is 4.67. The summed E-state index contributed by atoms with van der Waals surface area (Å²) in [5, 5.41) is 10.4. The molecule has 1 aliphatic heterocycles. The number of rotatable bonds is 2. The summed E-state index contributed by atoms with van der Waals surface area (Å²) in [5.41, 5.74) is 2.54. The number of aryl methyl sites for hydroxylation is 1. The van der Waals surface area contributed by atoms with Crippen LogP contribution < -0.4 is 4.74 Å². The van der Waals surface area contributed by atoms with Crippen LogP contribution in [0.3, 0.4) is 0 Å². The number of fused-ring (bicyclic) bond motifs is 1. The predicted octanol–water partition coefficient (Wildman–Crippen LogP) is 3.15. The first-order valence-electron chi connectivity index (χ1n) is 6.36. The highest BCUT2D eigenvalue weighted by molar-refractivity contribution is 5.48. The number of benzene rings is 2. The van der Waals surface area contributed by atoms with Crippen LogP contribution in [0.25, 0.3) is 0 Å². The van der Waals surface area contributed by atoms with E-state index in [1.165, 1.54) is 0 Å². The third kappa shape index (κ3) is 2.00. The van der Waals surface area contributed by atoms with Gasteiger partial charge in [-0.05, 0) is 18.1 Å². The summed E-state index contributed by atoms with van der Waals surface area (Å²) in [4.78, 5) is 0. The molecule has 1 N–H and O–H groups in total. The fraction of sp³-hybridized carbons (Fsp3) is 0.250. The molecule has 3 rings (SSSR count). The molecule has 2 aromatic rings. The molecule has 0 saturated carbocycles. The van der Waals surface area contributed by atoms with E-state index in [4.69, 9.17) is 4.74 Å². The van der Waals surface area contributed by atoms with Crippen molar-refractivity contribution in [1.29, 1.82) is 0 Å². The fourth-order valence-electron chi connectivity index (χ4n) is 2.50. The molecule has 0 amide bonds. The highest BCUT2D eigenvalue weighted by Crippen LogP contribution is 2.37. The van der Waals surface area contributed by atoms with Gasteiger partial charge in [-0.3, -0.25) is 0 Å². The summed E-state index contributed by atoms with van der Waals surface area (Å²) >= 11 is 0. The van der Waals surface area contributed by atoms with E-state index in [2.05, 4.69) is 0 Å². The van der Waals surface area contributed by atoms with Gasteiger partial charge in [0.2, 0.25) is 0 Å². The molecule has 0 spiro atoms. The van der Waals surface area contributed by atoms with Gasteiger partial charge in [-0.2, -0.15) is 0 Å². The van der Waals surface area contributed by atoms with Crippen molar-refractivity contribution in [2.75, 3.05) is 6.61 Å². The summed E-state index contributed by atoms with van der Waals surface area (Å²) in [6.45, 7) is 2.31. The van der Waals surface area contributed by atoms with Crippen molar-refractivity contribution in [3.63, 3.8) is 0 Å². The van der Waals surface area contributed by atoms with Crippen LogP contribution in [0, 0.1) is 12.7 Å². The van der Waals surface area contributed by atoms with Crippen molar-refractivity contribution in [1.82, 2.24) is 0 Å². The van der Waals surface area contributed by atoms with Gasteiger partial charge in [0, 0.05) is 17.5 Å². The minimum absolute atomic E-state index is 0.295. The van der Waals surface area contributed by atoms with Gasteiger partial charge in [-0.15, -0.1) is 0 Å². The van der Waals surface area contributed by atoms with Gasteiger partial charge in [0.25, 0.3) is 0 Å². The highest BCUT2D eigenvalue weighted by Gasteiger charge is 2.23. The van der Waals surface area contributed by atoms with E-state index in [0.29, 0.717) is 29.0 Å². The lowest BCUT2D eigenvalue weighted by atomic mass is 9.96. The SMILES string of the molecule is Cc1cccc(C(O)c2cccc3c2OCC3)c1F. The number of aliphatic hydroxyl groups is 1. The van der Waals surface area contributed by atoms with Crippen molar-refractivity contribution < 1.29 is 14.2 Å². The Labute approximate surface area is 111 Å². The van der Waals surface area contributed by atoms with Crippen molar-refractivity contribution in [2.24, 2.45) is 0 Å². The van der Waals surface area contributed by atoms with Crippen LogP contribution in [0.5, 0.6) is 5.75 Å². The predicted molar refractivity (Wildman–Crippen MR) is 70.8 cm³/mol. The van der Waals surface area contributed by atoms with Gasteiger partial charge in [0.05, 0.1) is 6.61 Å². The van der Waals surface area contributed by atoms with Gasteiger partial charge in [0.1, 0.15) is 17.7 Å². The van der Waals surface area contributed by atoms with Crippen LogP contribution in [0.2, 0.25) is 0 Å². The minimum atomic E-state index is -0.993.